The molecule has 0 unspecified atom stereocenters. The van der Waals surface area contributed by atoms with E-state index >= 15 is 0 Å². The molecule has 3 heteroatoms. The van der Waals surface area contributed by atoms with Gasteiger partial charge in [-0.25, -0.2) is 0 Å². The van der Waals surface area contributed by atoms with Crippen molar-refractivity contribution in [2.45, 2.75) is 20.8 Å². The quantitative estimate of drug-likeness (QED) is 0.604. The van der Waals surface area contributed by atoms with Crippen LogP contribution in [0, 0.1) is 0 Å². The Morgan fingerprint density at radius 3 is 2.20 bits per heavy atom. The summed E-state index contributed by atoms with van der Waals surface area (Å²) in [4.78, 5) is 2.20. The van der Waals surface area contributed by atoms with Crippen molar-refractivity contribution in [2.24, 2.45) is 0 Å². The Bertz CT molecular complexity index is 128. The van der Waals surface area contributed by atoms with Crippen LogP contribution in [0.25, 0.3) is 0 Å². The first-order chi connectivity index (χ1) is 4.76. The average Bonchev–Trinajstić information content (AvgIpc) is 1.91. The molecule has 0 rings (SSSR count). The highest BCUT2D eigenvalue weighted by Gasteiger charge is 2.02. The zero-order chi connectivity index (χ0) is 7.98. The van der Waals surface area contributed by atoms with E-state index in [0.717, 1.165) is 23.2 Å². The number of hydrogen-bond acceptors (Lipinski definition) is 2. The van der Waals surface area contributed by atoms with Crippen LogP contribution in [0.4, 0.5) is 0 Å². The van der Waals surface area contributed by atoms with E-state index in [1.807, 2.05) is 0 Å². The van der Waals surface area contributed by atoms with Crippen LogP contribution in [0.2, 0.25) is 0 Å². The van der Waals surface area contributed by atoms with Gasteiger partial charge in [-0.1, -0.05) is 30.9 Å². The molecule has 0 aliphatic carbocycles. The van der Waals surface area contributed by atoms with Gasteiger partial charge in [-0.15, -0.1) is 0 Å². The van der Waals surface area contributed by atoms with E-state index in [2.05, 4.69) is 25.7 Å². The summed E-state index contributed by atoms with van der Waals surface area (Å²) in [6, 6.07) is 0. The van der Waals surface area contributed by atoms with Gasteiger partial charge in [0.25, 0.3) is 0 Å². The summed E-state index contributed by atoms with van der Waals surface area (Å²) < 4.78 is 1.03. The fraction of sp³-hybridized carbons (Fsp3) is 0.857. The van der Waals surface area contributed by atoms with Crippen molar-refractivity contribution in [3.8, 4) is 0 Å². The molecule has 0 aliphatic rings. The third-order valence-corrected chi connectivity index (χ3v) is 2.70. The van der Waals surface area contributed by atoms with Crippen LogP contribution in [0.5, 0.6) is 0 Å². The first-order valence-corrected chi connectivity index (χ1v) is 5.07. The van der Waals surface area contributed by atoms with Gasteiger partial charge in [0.15, 0.2) is 0 Å². The highest BCUT2D eigenvalue weighted by Crippen LogP contribution is 2.07. The van der Waals surface area contributed by atoms with Crippen LogP contribution < -0.4 is 0 Å². The minimum Gasteiger partial charge on any atom is -0.358 e. The van der Waals surface area contributed by atoms with E-state index in [4.69, 9.17) is 12.2 Å². The molecule has 0 aliphatic heterocycles. The van der Waals surface area contributed by atoms with Crippen LogP contribution in [0.1, 0.15) is 50.7 Å². The Hall–Kier alpha value is 0.240. The van der Waals surface area contributed by atoms with E-state index < -0.39 is 0 Å². The van der Waals surface area contributed by atoms with E-state index in [-0.39, 0.29) is 30.0 Å². The van der Waals surface area contributed by atoms with Crippen molar-refractivity contribution >= 4 is 28.3 Å². The third-order valence-electron chi connectivity index (χ3n) is 1.29. The number of hydrogen-bond donors (Lipinski definition) is 0. The number of rotatable bonds is 3. The summed E-state index contributed by atoms with van der Waals surface area (Å²) in [5.74, 6) is 1.08. The molecule has 0 amide bonds. The van der Waals surface area contributed by atoms with Gasteiger partial charge in [-0.3, -0.25) is 0 Å². The molecule has 0 N–H and O–H groups in total. The molecule has 0 saturated heterocycles. The second-order valence-electron chi connectivity index (χ2n) is 1.87. The van der Waals surface area contributed by atoms with Crippen molar-refractivity contribution < 1.29 is 30.0 Å². The normalized spacial score (nSPS) is 9.50. The fourth-order valence-electron chi connectivity index (χ4n) is 0.697. The van der Waals surface area contributed by atoms with Gasteiger partial charge in [0, 0.05) is 13.1 Å². The lowest BCUT2D eigenvalue weighted by Gasteiger charge is -2.20. The molecular formula is C7H36NS2+21. The van der Waals surface area contributed by atoms with E-state index in [1.165, 1.54) is 0 Å². The largest absolute Gasteiger partial charge is 1.00 e. The topological polar surface area (TPSA) is 3.24 Å². The lowest BCUT2D eigenvalue weighted by Crippen LogP contribution is -2.26. The van der Waals surface area contributed by atoms with Gasteiger partial charge in [0.2, 0.25) is 0 Å². The Balaban J connectivity index is -0.00000000193. The zero-order valence-corrected chi connectivity index (χ0v) is 8.52. The average molecular weight is 199 g/mol. The fourth-order valence-corrected chi connectivity index (χ4v) is 2.00. The number of nitrogens with zero attached hydrogens (tertiary/aromatic N) is 1. The first kappa shape index (κ1) is 10.2. The van der Waals surface area contributed by atoms with Gasteiger partial charge in [-0.2, -0.15) is 0 Å². The van der Waals surface area contributed by atoms with Crippen LogP contribution in [0.15, 0.2) is 0 Å². The van der Waals surface area contributed by atoms with Crippen LogP contribution >= 0.6 is 24.0 Å². The predicted octanol–water partition coefficient (Wildman–Crippen LogP) is 4.73. The summed E-state index contributed by atoms with van der Waals surface area (Å²) in [7, 11) is 0. The summed E-state index contributed by atoms with van der Waals surface area (Å²) >= 11 is 6.91. The van der Waals surface area contributed by atoms with E-state index in [0.29, 0.717) is 0 Å². The first-order valence-electron chi connectivity index (χ1n) is 3.67. The van der Waals surface area contributed by atoms with Crippen molar-refractivity contribution in [3.05, 3.63) is 0 Å². The van der Waals surface area contributed by atoms with Gasteiger partial charge in [-0.05, 0) is 19.6 Å². The lowest BCUT2D eigenvalue weighted by atomic mass is 10.6. The zero-order valence-electron chi connectivity index (χ0n) is 27.9. The van der Waals surface area contributed by atoms with Crippen molar-refractivity contribution in [1.82, 2.24) is 4.90 Å². The molecule has 0 heterocycles. The molecule has 60 valence electrons. The third kappa shape index (κ3) is 3.42. The highest BCUT2D eigenvalue weighted by atomic mass is 32.2. The summed E-state index contributed by atoms with van der Waals surface area (Å²) in [6.45, 7) is 8.45. The molecule has 0 atom stereocenters. The van der Waals surface area contributed by atoms with Crippen LogP contribution in [0.3, 0.4) is 0 Å². The highest BCUT2D eigenvalue weighted by molar-refractivity contribution is 8.22. The maximum Gasteiger partial charge on any atom is 1.00 e. The Labute approximate surface area is 104 Å². The summed E-state index contributed by atoms with van der Waals surface area (Å²) in [5.41, 5.74) is 0. The summed E-state index contributed by atoms with van der Waals surface area (Å²) in [5, 5.41) is 0. The van der Waals surface area contributed by atoms with Crippen molar-refractivity contribution in [3.63, 3.8) is 0 Å². The van der Waals surface area contributed by atoms with E-state index in [9.17, 15) is 0 Å². The molecule has 1 nitrogen and oxygen atoms in total. The molecule has 0 fully saturated rings. The molecule has 0 spiro atoms. The van der Waals surface area contributed by atoms with Crippen molar-refractivity contribution in [1.29, 1.82) is 0 Å². The Morgan fingerprint density at radius 1 is 1.40 bits per heavy atom. The van der Waals surface area contributed by atoms with Gasteiger partial charge >= 0.3 is 30.0 Å². The molecule has 0 aromatic heterocycles. The van der Waals surface area contributed by atoms with Gasteiger partial charge < -0.3 is 4.90 Å². The number of thioether (sulfide) groups is 1. The maximum atomic E-state index is 5.16. The molecule has 10 heavy (non-hydrogen) atoms. The second-order valence-corrected chi connectivity index (χ2v) is 3.77. The minimum atomic E-state index is 0. The standard InChI is InChI=1S/C7H15NS2/c1-4-8(5-2)7(9)10-6-3/h4-6H2,1-3H3/p+21. The molecule has 0 saturated carbocycles. The van der Waals surface area contributed by atoms with E-state index in [1.54, 1.807) is 11.8 Å². The molecule has 0 bridgehead atoms. The summed E-state index contributed by atoms with van der Waals surface area (Å²) in [6.07, 6.45) is 0. The van der Waals surface area contributed by atoms with Crippen LogP contribution in [-0.4, -0.2) is 28.1 Å². The Kier molecular flexibility index (Phi) is 6.13. The Morgan fingerprint density at radius 2 is 1.90 bits per heavy atom. The maximum absolute atomic E-state index is 5.16. The monoisotopic (exact) mass is 198 g/mol. The minimum absolute atomic E-state index is 0. The van der Waals surface area contributed by atoms with Gasteiger partial charge in [0.1, 0.15) is 4.32 Å². The van der Waals surface area contributed by atoms with Gasteiger partial charge in [0.05, 0.1) is 0 Å². The van der Waals surface area contributed by atoms with Crippen molar-refractivity contribution in [2.75, 3.05) is 18.8 Å². The molecular weight excluding hydrogens is 162 g/mol. The second kappa shape index (κ2) is 5.98. The number of thiocarbonyl (C=S) groups is 1. The SMILES string of the molecule is CCSC(=S)N(CC)CC.[H+].[H+].[H+].[H+].[H+].[H+].[H+].[H+].[H+].[H+].[H+].[H+].[H+].[H+].[H+].[H+].[H+].[H+].[H+].[H+].[H+]. The predicted molar refractivity (Wildman–Crippen MR) is 77.0 cm³/mol. The molecule has 0 aromatic carbocycles. The lowest BCUT2D eigenvalue weighted by molar-refractivity contribution is 0.482. The smallest absolute Gasteiger partial charge is 0.358 e. The molecule has 0 aromatic rings. The van der Waals surface area contributed by atoms with Crippen LogP contribution in [-0.2, 0) is 0 Å². The molecule has 0 radical (unpaired) electrons.